The third-order valence-corrected chi connectivity index (χ3v) is 6.53. The Balaban J connectivity index is 1.55. The molecule has 0 saturated heterocycles. The second kappa shape index (κ2) is 8.80. The van der Waals surface area contributed by atoms with Gasteiger partial charge in [-0.1, -0.05) is 32.9 Å². The lowest BCUT2D eigenvalue weighted by atomic mass is 9.87. The molecule has 0 spiro atoms. The third kappa shape index (κ3) is 5.42. The number of anilines is 1. The van der Waals surface area contributed by atoms with Crippen molar-refractivity contribution in [1.29, 1.82) is 0 Å². The number of ether oxygens (including phenoxy) is 1. The Morgan fingerprint density at radius 3 is 2.43 bits per heavy atom. The van der Waals surface area contributed by atoms with Crippen LogP contribution < -0.4 is 9.64 Å². The van der Waals surface area contributed by atoms with Gasteiger partial charge in [0.05, 0.1) is 11.5 Å². The maximum absolute atomic E-state index is 12.8. The summed E-state index contributed by atoms with van der Waals surface area (Å²) in [5.74, 6) is 0.863. The fourth-order valence-corrected chi connectivity index (χ4v) is 4.33. The largest absolute Gasteiger partial charge is 0.494 e. The number of hydrogen-bond donors (Lipinski definition) is 0. The van der Waals surface area contributed by atoms with Crippen molar-refractivity contribution in [3.63, 3.8) is 0 Å². The van der Waals surface area contributed by atoms with E-state index < -0.39 is 9.84 Å². The molecule has 0 atom stereocenters. The van der Waals surface area contributed by atoms with E-state index >= 15 is 0 Å². The molecular weight excluding hydrogens is 398 g/mol. The molecule has 0 bridgehead atoms. The number of aryl methyl sites for hydroxylation is 1. The van der Waals surface area contributed by atoms with E-state index in [0.717, 1.165) is 29.8 Å². The van der Waals surface area contributed by atoms with Crippen LogP contribution in [0, 0.1) is 0 Å². The highest BCUT2D eigenvalue weighted by Crippen LogP contribution is 2.30. The molecule has 1 amide bonds. The zero-order valence-corrected chi connectivity index (χ0v) is 19.1. The van der Waals surface area contributed by atoms with Gasteiger partial charge in [-0.25, -0.2) is 8.42 Å². The molecule has 5 nitrogen and oxygen atoms in total. The minimum Gasteiger partial charge on any atom is -0.494 e. The average Bonchev–Trinajstić information content (AvgIpc) is 2.69. The van der Waals surface area contributed by atoms with E-state index in [1.807, 2.05) is 12.1 Å². The highest BCUT2D eigenvalue weighted by molar-refractivity contribution is 7.90. The van der Waals surface area contributed by atoms with Crippen LogP contribution in [0.4, 0.5) is 5.69 Å². The number of nitrogens with zero attached hydrogens (tertiary/aromatic N) is 1. The van der Waals surface area contributed by atoms with Crippen molar-refractivity contribution in [2.75, 3.05) is 24.3 Å². The maximum Gasteiger partial charge on any atom is 0.227 e. The Bertz CT molecular complexity index is 1000. The van der Waals surface area contributed by atoms with Crippen molar-refractivity contribution in [3.8, 4) is 5.75 Å². The van der Waals surface area contributed by atoms with Gasteiger partial charge in [-0.2, -0.15) is 0 Å². The van der Waals surface area contributed by atoms with Crippen molar-refractivity contribution in [1.82, 2.24) is 0 Å². The van der Waals surface area contributed by atoms with Gasteiger partial charge in [0.15, 0.2) is 9.84 Å². The van der Waals surface area contributed by atoms with E-state index in [9.17, 15) is 13.2 Å². The summed E-state index contributed by atoms with van der Waals surface area (Å²) in [5, 5.41) is 0. The van der Waals surface area contributed by atoms with Gasteiger partial charge in [0.2, 0.25) is 5.91 Å². The number of carbonyl (C=O) groups excluding carboxylic acids is 1. The smallest absolute Gasteiger partial charge is 0.227 e. The number of rotatable bonds is 6. The fourth-order valence-electron chi connectivity index (χ4n) is 3.66. The topological polar surface area (TPSA) is 63.7 Å². The maximum atomic E-state index is 12.8. The molecule has 1 aliphatic rings. The molecule has 0 unspecified atom stereocenters. The molecule has 0 aromatic heterocycles. The predicted octanol–water partition coefficient (Wildman–Crippen LogP) is 4.53. The first-order valence-corrected chi connectivity index (χ1v) is 12.3. The Hall–Kier alpha value is -2.34. The highest BCUT2D eigenvalue weighted by Gasteiger charge is 2.23. The Kier molecular flexibility index (Phi) is 6.56. The lowest BCUT2D eigenvalue weighted by Gasteiger charge is -2.30. The molecule has 162 valence electrons. The van der Waals surface area contributed by atoms with Gasteiger partial charge in [0.25, 0.3) is 0 Å². The summed E-state index contributed by atoms with van der Waals surface area (Å²) in [6, 6.07) is 13.2. The number of carbonyl (C=O) groups is 1. The Morgan fingerprint density at radius 1 is 1.10 bits per heavy atom. The minimum atomic E-state index is -3.25. The van der Waals surface area contributed by atoms with E-state index in [1.165, 1.54) is 11.8 Å². The normalized spacial score (nSPS) is 14.3. The zero-order valence-electron chi connectivity index (χ0n) is 18.3. The quantitative estimate of drug-likeness (QED) is 0.633. The fraction of sp³-hybridized carbons (Fsp3) is 0.458. The van der Waals surface area contributed by atoms with Gasteiger partial charge in [0.1, 0.15) is 5.75 Å². The van der Waals surface area contributed by atoms with Crippen LogP contribution in [-0.4, -0.2) is 33.7 Å². The van der Waals surface area contributed by atoms with Crippen LogP contribution in [0.5, 0.6) is 5.75 Å². The van der Waals surface area contributed by atoms with Crippen molar-refractivity contribution < 1.29 is 17.9 Å². The molecule has 30 heavy (non-hydrogen) atoms. The summed E-state index contributed by atoms with van der Waals surface area (Å²) in [6.07, 6.45) is 3.86. The van der Waals surface area contributed by atoms with Gasteiger partial charge >= 0.3 is 0 Å². The van der Waals surface area contributed by atoms with E-state index in [1.54, 1.807) is 23.1 Å². The number of hydrogen-bond acceptors (Lipinski definition) is 4. The third-order valence-electron chi connectivity index (χ3n) is 5.42. The highest BCUT2D eigenvalue weighted by atomic mass is 32.2. The zero-order chi connectivity index (χ0) is 21.9. The summed E-state index contributed by atoms with van der Waals surface area (Å²) >= 11 is 0. The molecule has 0 aliphatic carbocycles. The minimum absolute atomic E-state index is 0.0507. The summed E-state index contributed by atoms with van der Waals surface area (Å²) in [4.78, 5) is 14.8. The van der Waals surface area contributed by atoms with Crippen molar-refractivity contribution in [2.24, 2.45) is 0 Å². The van der Waals surface area contributed by atoms with Gasteiger partial charge < -0.3 is 9.64 Å². The molecule has 1 heterocycles. The van der Waals surface area contributed by atoms with E-state index in [4.69, 9.17) is 4.74 Å². The van der Waals surface area contributed by atoms with Crippen LogP contribution in [0.3, 0.4) is 0 Å². The molecular formula is C24H31NO4S. The molecule has 2 aromatic rings. The molecule has 0 fully saturated rings. The lowest BCUT2D eigenvalue weighted by molar-refractivity contribution is -0.118. The van der Waals surface area contributed by atoms with Gasteiger partial charge in [-0.05, 0) is 66.1 Å². The van der Waals surface area contributed by atoms with Crippen LogP contribution in [0.25, 0.3) is 0 Å². The number of benzene rings is 2. The SMILES string of the molecule is CC(C)(C)c1ccc(OCCCC(=O)N2CCCc3cc(S(C)(=O)=O)ccc32)cc1. The lowest BCUT2D eigenvalue weighted by Crippen LogP contribution is -2.35. The van der Waals surface area contributed by atoms with Gasteiger partial charge in [-0.15, -0.1) is 0 Å². The van der Waals surface area contributed by atoms with Crippen LogP contribution in [0.15, 0.2) is 47.4 Å². The van der Waals surface area contributed by atoms with Crippen molar-refractivity contribution in [2.45, 2.75) is 56.8 Å². The molecule has 2 aromatic carbocycles. The first-order chi connectivity index (χ1) is 14.1. The molecule has 3 rings (SSSR count). The van der Waals surface area contributed by atoms with E-state index in [-0.39, 0.29) is 11.3 Å². The van der Waals surface area contributed by atoms with E-state index in [2.05, 4.69) is 32.9 Å². The van der Waals surface area contributed by atoms with Crippen molar-refractivity contribution in [3.05, 3.63) is 53.6 Å². The Morgan fingerprint density at radius 2 is 1.80 bits per heavy atom. The van der Waals surface area contributed by atoms with Crippen LogP contribution in [0.1, 0.15) is 51.2 Å². The number of amides is 1. The summed E-state index contributed by atoms with van der Waals surface area (Å²) in [7, 11) is -3.25. The first-order valence-electron chi connectivity index (χ1n) is 10.4. The van der Waals surface area contributed by atoms with Crippen LogP contribution >= 0.6 is 0 Å². The molecule has 0 saturated carbocycles. The number of sulfone groups is 1. The van der Waals surface area contributed by atoms with E-state index in [0.29, 0.717) is 30.9 Å². The van der Waals surface area contributed by atoms with Crippen LogP contribution in [-0.2, 0) is 26.5 Å². The number of fused-ring (bicyclic) bond motifs is 1. The first kappa shape index (κ1) is 22.3. The summed E-state index contributed by atoms with van der Waals surface area (Å²) < 4.78 is 29.4. The average molecular weight is 430 g/mol. The van der Waals surface area contributed by atoms with Crippen molar-refractivity contribution >= 4 is 21.4 Å². The summed E-state index contributed by atoms with van der Waals surface area (Å²) in [5.41, 5.74) is 3.12. The second-order valence-electron chi connectivity index (χ2n) is 8.94. The molecule has 6 heteroatoms. The molecule has 0 radical (unpaired) electrons. The summed E-state index contributed by atoms with van der Waals surface area (Å²) in [6.45, 7) is 7.67. The Labute approximate surface area is 180 Å². The standard InChI is InChI=1S/C24H31NO4S/c1-24(2,3)19-9-11-20(12-10-19)29-16-6-8-23(26)25-15-5-7-18-17-21(30(4,27)28)13-14-22(18)25/h9-14,17H,5-8,15-16H2,1-4H3. The predicted molar refractivity (Wildman–Crippen MR) is 120 cm³/mol. The monoisotopic (exact) mass is 429 g/mol. The van der Waals surface area contributed by atoms with Gasteiger partial charge in [0, 0.05) is 24.9 Å². The molecule has 0 N–H and O–H groups in total. The molecule has 1 aliphatic heterocycles. The second-order valence-corrected chi connectivity index (χ2v) is 11.0. The van der Waals surface area contributed by atoms with Gasteiger partial charge in [-0.3, -0.25) is 4.79 Å². The van der Waals surface area contributed by atoms with Crippen LogP contribution in [0.2, 0.25) is 0 Å².